The normalized spacial score (nSPS) is 14.2. The van der Waals surface area contributed by atoms with E-state index in [1.807, 2.05) is 0 Å². The van der Waals surface area contributed by atoms with Gasteiger partial charge in [0.15, 0.2) is 0 Å². The van der Waals surface area contributed by atoms with Crippen LogP contribution in [-0.2, 0) is 20.4 Å². The minimum Gasteiger partial charge on any atom is -0.871 e. The van der Waals surface area contributed by atoms with Crippen molar-refractivity contribution in [3.8, 4) is 0 Å². The van der Waals surface area contributed by atoms with Gasteiger partial charge < -0.3 is 10.2 Å². The van der Waals surface area contributed by atoms with Crippen LogP contribution in [0, 0.1) is 0 Å². The second-order valence-corrected chi connectivity index (χ2v) is 6.82. The summed E-state index contributed by atoms with van der Waals surface area (Å²) in [7, 11) is 0. The third kappa shape index (κ3) is 8.04. The zero-order chi connectivity index (χ0) is 29.8. The molecule has 2 rings (SSSR count). The van der Waals surface area contributed by atoms with Gasteiger partial charge in [-0.25, -0.2) is 0 Å². The average Bonchev–Trinajstić information content (AvgIpc) is 2.79. The van der Waals surface area contributed by atoms with Gasteiger partial charge in [-0.3, -0.25) is 9.97 Å². The summed E-state index contributed by atoms with van der Waals surface area (Å²) in [4.78, 5) is 6.68. The first-order valence-corrected chi connectivity index (χ1v) is 9.25. The summed E-state index contributed by atoms with van der Waals surface area (Å²) in [5.41, 5.74) is -0.907. The molecular weight excluding hydrogens is 673 g/mol. The molecule has 0 aliphatic heterocycles. The van der Waals surface area contributed by atoms with E-state index in [2.05, 4.69) is 9.97 Å². The molecule has 19 heteroatoms. The van der Waals surface area contributed by atoms with E-state index in [9.17, 15) is 71.7 Å². The van der Waals surface area contributed by atoms with Gasteiger partial charge in [-0.05, 0) is 36.4 Å². The van der Waals surface area contributed by atoms with Crippen molar-refractivity contribution in [3.63, 3.8) is 0 Å². The maximum atomic E-state index is 12.9. The van der Waals surface area contributed by atoms with Crippen LogP contribution in [0.4, 0.5) is 61.5 Å². The molecule has 0 N–H and O–H groups in total. The number of hydrogen-bond donors (Lipinski definition) is 0. The molecule has 2 aromatic heterocycles. The maximum Gasteiger partial charge on any atom is 2.00 e. The number of halogens is 14. The standard InChI is InChI=1S/2C10H6F7NO.Pd/c2*11-8(12,9(13,14)10(15,16)17)7(19)5-6-3-1-2-4-18-6;/h2*1-5,19H;/q;;+2/p-2/b2*7-5-;. The molecule has 0 aliphatic carbocycles. The minimum atomic E-state index is -6.54. The summed E-state index contributed by atoms with van der Waals surface area (Å²) in [5, 5.41) is 21.8. The minimum absolute atomic E-state index is 0. The molecule has 0 unspecified atom stereocenters. The Morgan fingerprint density at radius 2 is 0.821 bits per heavy atom. The molecule has 0 bridgehead atoms. The van der Waals surface area contributed by atoms with Gasteiger partial charge in [0.2, 0.25) is 0 Å². The predicted molar refractivity (Wildman–Crippen MR) is 96.3 cm³/mol. The van der Waals surface area contributed by atoms with E-state index in [4.69, 9.17) is 0 Å². The Bertz CT molecular complexity index is 1030. The zero-order valence-electron chi connectivity index (χ0n) is 18.1. The van der Waals surface area contributed by atoms with Crippen molar-refractivity contribution in [1.82, 2.24) is 9.97 Å². The van der Waals surface area contributed by atoms with Gasteiger partial charge in [0.05, 0.1) is 11.4 Å². The van der Waals surface area contributed by atoms with Crippen molar-refractivity contribution in [2.75, 3.05) is 0 Å². The van der Waals surface area contributed by atoms with E-state index in [1.54, 1.807) is 0 Å². The van der Waals surface area contributed by atoms with Crippen molar-refractivity contribution < 1.29 is 92.1 Å². The van der Waals surface area contributed by atoms with Gasteiger partial charge in [-0.2, -0.15) is 61.5 Å². The summed E-state index contributed by atoms with van der Waals surface area (Å²) in [6, 6.07) is 7.16. The number of aromatic nitrogens is 2. The van der Waals surface area contributed by atoms with Crippen molar-refractivity contribution in [3.05, 3.63) is 71.7 Å². The summed E-state index contributed by atoms with van der Waals surface area (Å²) < 4.78 is 173. The van der Waals surface area contributed by atoms with Crippen molar-refractivity contribution >= 4 is 12.2 Å². The molecule has 0 amide bonds. The molecule has 0 saturated heterocycles. The van der Waals surface area contributed by atoms with Gasteiger partial charge in [-0.1, -0.05) is 23.7 Å². The molecule has 220 valence electrons. The molecule has 0 fully saturated rings. The topological polar surface area (TPSA) is 71.9 Å². The molecular formula is C20H10F14N2O2Pd. The van der Waals surface area contributed by atoms with Crippen LogP contribution in [0.2, 0.25) is 0 Å². The Labute approximate surface area is 222 Å². The Kier molecular flexibility index (Phi) is 11.6. The molecule has 4 nitrogen and oxygen atoms in total. The molecule has 2 aromatic rings. The van der Waals surface area contributed by atoms with Gasteiger partial charge in [-0.15, -0.1) is 0 Å². The number of pyridine rings is 2. The number of nitrogens with zero attached hydrogens (tertiary/aromatic N) is 2. The fourth-order valence-corrected chi connectivity index (χ4v) is 2.04. The number of alkyl halides is 14. The number of rotatable bonds is 6. The molecule has 39 heavy (non-hydrogen) atoms. The zero-order valence-corrected chi connectivity index (χ0v) is 19.6. The van der Waals surface area contributed by atoms with Crippen LogP contribution in [0.5, 0.6) is 0 Å². The van der Waals surface area contributed by atoms with E-state index >= 15 is 0 Å². The van der Waals surface area contributed by atoms with Crippen LogP contribution in [0.25, 0.3) is 12.2 Å². The van der Waals surface area contributed by atoms with E-state index < -0.39 is 58.9 Å². The van der Waals surface area contributed by atoms with Crippen LogP contribution < -0.4 is 10.2 Å². The Morgan fingerprint density at radius 1 is 0.538 bits per heavy atom. The first-order chi connectivity index (χ1) is 17.0. The summed E-state index contributed by atoms with van der Waals surface area (Å²) >= 11 is 0. The summed E-state index contributed by atoms with van der Waals surface area (Å²) in [6.07, 6.45) is -11.1. The van der Waals surface area contributed by atoms with Gasteiger partial charge in [0.25, 0.3) is 0 Å². The van der Waals surface area contributed by atoms with Crippen LogP contribution in [0.3, 0.4) is 0 Å². The number of hydrogen-bond acceptors (Lipinski definition) is 4. The Hall–Kier alpha value is -2.94. The monoisotopic (exact) mass is 682 g/mol. The van der Waals surface area contributed by atoms with E-state index in [0.29, 0.717) is 0 Å². The molecule has 0 spiro atoms. The summed E-state index contributed by atoms with van der Waals surface area (Å²) in [6.45, 7) is 0. The van der Waals surface area contributed by atoms with Crippen LogP contribution in [0.15, 0.2) is 60.3 Å². The molecule has 2 heterocycles. The summed E-state index contributed by atoms with van der Waals surface area (Å²) in [5.74, 6) is -30.1. The first kappa shape index (κ1) is 36.1. The largest absolute Gasteiger partial charge is 2.00 e. The average molecular weight is 683 g/mol. The Morgan fingerprint density at radius 3 is 1.03 bits per heavy atom. The third-order valence-corrected chi connectivity index (χ3v) is 4.05. The second-order valence-electron chi connectivity index (χ2n) is 6.82. The van der Waals surface area contributed by atoms with Gasteiger partial charge >= 0.3 is 56.5 Å². The van der Waals surface area contributed by atoms with Crippen LogP contribution in [0.1, 0.15) is 11.4 Å². The predicted octanol–water partition coefficient (Wildman–Crippen LogP) is 5.23. The van der Waals surface area contributed by atoms with E-state index in [0.717, 1.165) is 24.5 Å². The maximum absolute atomic E-state index is 12.9. The van der Waals surface area contributed by atoms with Crippen molar-refractivity contribution in [2.24, 2.45) is 0 Å². The van der Waals surface area contributed by atoms with Crippen molar-refractivity contribution in [1.29, 1.82) is 0 Å². The molecule has 0 radical (unpaired) electrons. The first-order valence-electron chi connectivity index (χ1n) is 9.25. The van der Waals surface area contributed by atoms with Crippen LogP contribution in [-0.4, -0.2) is 46.0 Å². The molecule has 0 aliphatic rings. The van der Waals surface area contributed by atoms with Gasteiger partial charge in [0.1, 0.15) is 0 Å². The smallest absolute Gasteiger partial charge is 0.871 e. The fraction of sp³-hybridized carbons (Fsp3) is 0.300. The molecule has 0 atom stereocenters. The van der Waals surface area contributed by atoms with Gasteiger partial charge in [0, 0.05) is 12.4 Å². The Balaban J connectivity index is 0.000000722. The third-order valence-electron chi connectivity index (χ3n) is 4.05. The second kappa shape index (κ2) is 12.5. The number of allylic oxidation sites excluding steroid dienone is 2. The van der Waals surface area contributed by atoms with Crippen LogP contribution >= 0.6 is 0 Å². The van der Waals surface area contributed by atoms with E-state index in [1.165, 1.54) is 24.3 Å². The van der Waals surface area contributed by atoms with Crippen molar-refractivity contribution in [2.45, 2.75) is 36.0 Å². The fourth-order valence-electron chi connectivity index (χ4n) is 2.04. The molecule has 0 aromatic carbocycles. The SMILES string of the molecule is [O-]/C(=C\c1ccccn1)C(F)(F)C(F)(F)C(F)(F)F.[O-]/C(=C\c1ccccn1)C(F)(F)C(F)(F)C(F)(F)F.[Pd+2]. The molecule has 0 saturated carbocycles. The quantitative estimate of drug-likeness (QED) is 0.238. The van der Waals surface area contributed by atoms with E-state index in [-0.39, 0.29) is 32.6 Å².